The lowest BCUT2D eigenvalue weighted by molar-refractivity contribution is 0.634. The van der Waals surface area contributed by atoms with E-state index in [-0.39, 0.29) is 0 Å². The molecule has 1 aromatic heterocycles. The largest absolute Gasteiger partial charge is 0.361 e. The maximum Gasteiger partial charge on any atom is 0.0360 e. The molecule has 0 saturated heterocycles. The second kappa shape index (κ2) is 2.70. The summed E-state index contributed by atoms with van der Waals surface area (Å²) in [6, 6.07) is 2.30. The number of rotatable bonds is 1. The smallest absolute Gasteiger partial charge is 0.0360 e. The molecule has 0 aliphatic carbocycles. The molecule has 2 N–H and O–H groups in total. The molecule has 0 saturated carbocycles. The molecule has 11 heavy (non-hydrogen) atoms. The zero-order valence-electron chi connectivity index (χ0n) is 6.91. The predicted octanol–water partition coefficient (Wildman–Crippen LogP) is 1.22. The average Bonchev–Trinajstić information content (AvgIpc) is 2.46. The van der Waals surface area contributed by atoms with Gasteiger partial charge in [0.25, 0.3) is 0 Å². The van der Waals surface area contributed by atoms with Crippen LogP contribution >= 0.6 is 0 Å². The standard InChI is InChI=1S/C9H14N2/c1-2-8-5-7-3-4-10-6-9(7)11-8/h5,10-11H,2-4,6H2,1H3. The van der Waals surface area contributed by atoms with Crippen LogP contribution < -0.4 is 5.32 Å². The fraction of sp³-hybridized carbons (Fsp3) is 0.556. The van der Waals surface area contributed by atoms with E-state index >= 15 is 0 Å². The van der Waals surface area contributed by atoms with Gasteiger partial charge in [0, 0.05) is 17.9 Å². The molecule has 2 nitrogen and oxygen atoms in total. The first kappa shape index (κ1) is 6.92. The van der Waals surface area contributed by atoms with E-state index in [1.807, 2.05) is 0 Å². The van der Waals surface area contributed by atoms with Crippen LogP contribution in [0.5, 0.6) is 0 Å². The van der Waals surface area contributed by atoms with Gasteiger partial charge < -0.3 is 10.3 Å². The molecule has 1 aromatic rings. The Balaban J connectivity index is 2.32. The Bertz CT molecular complexity index is 227. The normalized spacial score (nSPS) is 16.5. The predicted molar refractivity (Wildman–Crippen MR) is 45.6 cm³/mol. The third kappa shape index (κ3) is 1.18. The Kier molecular flexibility index (Phi) is 1.70. The van der Waals surface area contributed by atoms with E-state index in [9.17, 15) is 0 Å². The molecular formula is C9H14N2. The molecule has 0 atom stereocenters. The highest BCUT2D eigenvalue weighted by Crippen LogP contribution is 2.14. The molecule has 1 aliphatic heterocycles. The van der Waals surface area contributed by atoms with Gasteiger partial charge in [0.2, 0.25) is 0 Å². The van der Waals surface area contributed by atoms with Crippen LogP contribution in [-0.2, 0) is 19.4 Å². The number of nitrogens with one attached hydrogen (secondary N) is 2. The molecule has 0 radical (unpaired) electrons. The summed E-state index contributed by atoms with van der Waals surface area (Å²) in [6.07, 6.45) is 2.30. The van der Waals surface area contributed by atoms with E-state index in [4.69, 9.17) is 0 Å². The quantitative estimate of drug-likeness (QED) is 0.619. The van der Waals surface area contributed by atoms with Crippen molar-refractivity contribution < 1.29 is 0 Å². The van der Waals surface area contributed by atoms with Gasteiger partial charge in [-0.25, -0.2) is 0 Å². The molecule has 60 valence electrons. The lowest BCUT2D eigenvalue weighted by Gasteiger charge is -2.11. The fourth-order valence-corrected chi connectivity index (χ4v) is 1.62. The van der Waals surface area contributed by atoms with Gasteiger partial charge in [-0.05, 0) is 31.0 Å². The van der Waals surface area contributed by atoms with E-state index in [0.29, 0.717) is 0 Å². The van der Waals surface area contributed by atoms with Crippen molar-refractivity contribution in [2.45, 2.75) is 26.3 Å². The molecule has 0 amide bonds. The lowest BCUT2D eigenvalue weighted by atomic mass is 10.1. The van der Waals surface area contributed by atoms with Crippen molar-refractivity contribution in [3.05, 3.63) is 23.0 Å². The Morgan fingerprint density at radius 2 is 2.45 bits per heavy atom. The highest BCUT2D eigenvalue weighted by Gasteiger charge is 2.10. The van der Waals surface area contributed by atoms with Crippen molar-refractivity contribution in [3.63, 3.8) is 0 Å². The van der Waals surface area contributed by atoms with Crippen molar-refractivity contribution in [1.82, 2.24) is 10.3 Å². The van der Waals surface area contributed by atoms with Gasteiger partial charge >= 0.3 is 0 Å². The zero-order chi connectivity index (χ0) is 7.68. The van der Waals surface area contributed by atoms with Crippen molar-refractivity contribution in [2.24, 2.45) is 0 Å². The first-order chi connectivity index (χ1) is 5.40. The lowest BCUT2D eigenvalue weighted by Crippen LogP contribution is -2.22. The van der Waals surface area contributed by atoms with Crippen LogP contribution in [0.2, 0.25) is 0 Å². The maximum absolute atomic E-state index is 3.42. The van der Waals surface area contributed by atoms with E-state index in [1.165, 1.54) is 23.4 Å². The van der Waals surface area contributed by atoms with Crippen LogP contribution in [0.4, 0.5) is 0 Å². The molecule has 0 aromatic carbocycles. The Hall–Kier alpha value is -0.760. The van der Waals surface area contributed by atoms with Gasteiger partial charge in [0.05, 0.1) is 0 Å². The van der Waals surface area contributed by atoms with Crippen LogP contribution in [0, 0.1) is 0 Å². The van der Waals surface area contributed by atoms with Crippen LogP contribution in [0.3, 0.4) is 0 Å². The molecule has 1 aliphatic rings. The number of fused-ring (bicyclic) bond motifs is 1. The summed E-state index contributed by atoms with van der Waals surface area (Å²) in [5.74, 6) is 0. The highest BCUT2D eigenvalue weighted by atomic mass is 14.9. The number of aromatic nitrogens is 1. The monoisotopic (exact) mass is 150 g/mol. The average molecular weight is 150 g/mol. The second-order valence-corrected chi connectivity index (χ2v) is 3.08. The summed E-state index contributed by atoms with van der Waals surface area (Å²) in [6.45, 7) is 4.34. The maximum atomic E-state index is 3.42. The fourth-order valence-electron chi connectivity index (χ4n) is 1.62. The number of H-pyrrole nitrogens is 1. The van der Waals surface area contributed by atoms with E-state index in [0.717, 1.165) is 19.5 Å². The van der Waals surface area contributed by atoms with Gasteiger partial charge in [0.1, 0.15) is 0 Å². The van der Waals surface area contributed by atoms with Gasteiger partial charge in [-0.3, -0.25) is 0 Å². The third-order valence-electron chi connectivity index (χ3n) is 2.30. The number of hydrogen-bond donors (Lipinski definition) is 2. The minimum atomic E-state index is 1.02. The van der Waals surface area contributed by atoms with Gasteiger partial charge in [0.15, 0.2) is 0 Å². The molecular weight excluding hydrogens is 136 g/mol. The first-order valence-corrected chi connectivity index (χ1v) is 4.30. The summed E-state index contributed by atoms with van der Waals surface area (Å²) in [5, 5.41) is 3.35. The highest BCUT2D eigenvalue weighted by molar-refractivity contribution is 5.27. The molecule has 0 spiro atoms. The van der Waals surface area contributed by atoms with Gasteiger partial charge in [-0.15, -0.1) is 0 Å². The summed E-state index contributed by atoms with van der Waals surface area (Å²) in [5.41, 5.74) is 4.28. The van der Waals surface area contributed by atoms with Crippen LogP contribution in [0.25, 0.3) is 0 Å². The van der Waals surface area contributed by atoms with Gasteiger partial charge in [-0.1, -0.05) is 6.92 Å². The van der Waals surface area contributed by atoms with Gasteiger partial charge in [-0.2, -0.15) is 0 Å². The van der Waals surface area contributed by atoms with Crippen molar-refractivity contribution in [2.75, 3.05) is 6.54 Å². The second-order valence-electron chi connectivity index (χ2n) is 3.08. The number of aryl methyl sites for hydroxylation is 1. The molecule has 2 rings (SSSR count). The SMILES string of the molecule is CCc1cc2c([nH]1)CNCC2. The molecule has 2 heterocycles. The van der Waals surface area contributed by atoms with E-state index in [1.54, 1.807) is 0 Å². The van der Waals surface area contributed by atoms with E-state index in [2.05, 4.69) is 23.3 Å². The minimum absolute atomic E-state index is 1.02. The Morgan fingerprint density at radius 1 is 1.55 bits per heavy atom. The molecule has 0 fully saturated rings. The van der Waals surface area contributed by atoms with Crippen molar-refractivity contribution in [1.29, 1.82) is 0 Å². The van der Waals surface area contributed by atoms with E-state index < -0.39 is 0 Å². The number of aromatic amines is 1. The summed E-state index contributed by atoms with van der Waals surface area (Å²) in [4.78, 5) is 3.42. The summed E-state index contributed by atoms with van der Waals surface area (Å²) in [7, 11) is 0. The zero-order valence-corrected chi connectivity index (χ0v) is 6.91. The van der Waals surface area contributed by atoms with Crippen LogP contribution in [-0.4, -0.2) is 11.5 Å². The Morgan fingerprint density at radius 3 is 3.18 bits per heavy atom. The Labute approximate surface area is 67.0 Å². The van der Waals surface area contributed by atoms with Crippen LogP contribution in [0.15, 0.2) is 6.07 Å². The molecule has 0 unspecified atom stereocenters. The topological polar surface area (TPSA) is 27.8 Å². The summed E-state index contributed by atoms with van der Waals surface area (Å²) < 4.78 is 0. The summed E-state index contributed by atoms with van der Waals surface area (Å²) >= 11 is 0. The molecule has 2 heteroatoms. The molecule has 0 bridgehead atoms. The van der Waals surface area contributed by atoms with Crippen molar-refractivity contribution in [3.8, 4) is 0 Å². The third-order valence-corrected chi connectivity index (χ3v) is 2.30. The number of hydrogen-bond acceptors (Lipinski definition) is 1. The minimum Gasteiger partial charge on any atom is -0.361 e. The van der Waals surface area contributed by atoms with Crippen LogP contribution in [0.1, 0.15) is 23.9 Å². The van der Waals surface area contributed by atoms with Crippen molar-refractivity contribution >= 4 is 0 Å². The first-order valence-electron chi connectivity index (χ1n) is 4.30.